The Morgan fingerprint density at radius 2 is 1.74 bits per heavy atom. The van der Waals surface area contributed by atoms with E-state index in [0.717, 1.165) is 11.1 Å². The summed E-state index contributed by atoms with van der Waals surface area (Å²) in [5.41, 5.74) is 17.4. The highest BCUT2D eigenvalue weighted by Gasteiger charge is 2.53. The van der Waals surface area contributed by atoms with Crippen molar-refractivity contribution in [2.24, 2.45) is 10.1 Å². The highest BCUT2D eigenvalue weighted by molar-refractivity contribution is 6.31. The Balaban J connectivity index is 1.54. The SMILES string of the molecule is [N-]=[N+]=NCc1ccccc1[C@@H]1OC(c2ccc(OCCCO)cc2)=N[C@]1(C/C=C/c1ccccc1)C(=O)NNCc1ccccc1Cl. The lowest BCUT2D eigenvalue weighted by atomic mass is 9.82. The summed E-state index contributed by atoms with van der Waals surface area (Å²) in [4.78, 5) is 22.4. The summed E-state index contributed by atoms with van der Waals surface area (Å²) in [5, 5.41) is 13.5. The van der Waals surface area contributed by atoms with Gasteiger partial charge in [-0.1, -0.05) is 102 Å². The molecule has 2 atom stereocenters. The second-order valence-corrected chi connectivity index (χ2v) is 11.2. The molecule has 240 valence electrons. The average molecular weight is 651 g/mol. The normalized spacial score (nSPS) is 17.1. The number of rotatable bonds is 15. The highest BCUT2D eigenvalue weighted by Crippen LogP contribution is 2.44. The zero-order valence-electron chi connectivity index (χ0n) is 25.6. The quantitative estimate of drug-likeness (QED) is 0.0414. The number of benzene rings is 4. The van der Waals surface area contributed by atoms with Crippen LogP contribution in [0.2, 0.25) is 5.02 Å². The summed E-state index contributed by atoms with van der Waals surface area (Å²) in [6, 6.07) is 31.8. The van der Waals surface area contributed by atoms with Crippen LogP contribution in [0.1, 0.15) is 46.8 Å². The van der Waals surface area contributed by atoms with Gasteiger partial charge in [0.25, 0.3) is 5.91 Å². The second kappa shape index (κ2) is 16.4. The Labute approximate surface area is 278 Å². The van der Waals surface area contributed by atoms with E-state index in [1.165, 1.54) is 0 Å². The number of nitrogens with one attached hydrogen (secondary N) is 2. The molecule has 0 aromatic heterocycles. The fourth-order valence-electron chi connectivity index (χ4n) is 5.24. The largest absolute Gasteiger partial charge is 0.494 e. The Bertz CT molecular complexity index is 1760. The molecule has 0 saturated carbocycles. The minimum absolute atomic E-state index is 0.0430. The van der Waals surface area contributed by atoms with Crippen LogP contribution >= 0.6 is 11.6 Å². The van der Waals surface area contributed by atoms with E-state index < -0.39 is 17.6 Å². The van der Waals surface area contributed by atoms with Gasteiger partial charge in [0.1, 0.15) is 5.75 Å². The molecule has 4 aromatic rings. The lowest BCUT2D eigenvalue weighted by Gasteiger charge is -2.31. The summed E-state index contributed by atoms with van der Waals surface area (Å²) in [6.45, 7) is 0.787. The number of halogens is 1. The fourth-order valence-corrected chi connectivity index (χ4v) is 5.44. The summed E-state index contributed by atoms with van der Waals surface area (Å²) in [5.74, 6) is 0.505. The zero-order chi connectivity index (χ0) is 32.9. The number of hydrazine groups is 1. The van der Waals surface area contributed by atoms with Crippen LogP contribution in [0.4, 0.5) is 0 Å². The number of aliphatic imine (C=N–C) groups is 1. The van der Waals surface area contributed by atoms with Gasteiger partial charge in [-0.25, -0.2) is 10.4 Å². The van der Waals surface area contributed by atoms with Crippen molar-refractivity contribution in [3.05, 3.63) is 152 Å². The molecular weight excluding hydrogens is 616 g/mol. The van der Waals surface area contributed by atoms with Crippen LogP contribution in [0.5, 0.6) is 5.75 Å². The van der Waals surface area contributed by atoms with Crippen molar-refractivity contribution in [2.75, 3.05) is 13.2 Å². The molecule has 10 nitrogen and oxygen atoms in total. The van der Waals surface area contributed by atoms with Gasteiger partial charge in [0, 0.05) is 41.5 Å². The molecule has 0 spiro atoms. The van der Waals surface area contributed by atoms with E-state index in [2.05, 4.69) is 20.9 Å². The molecule has 0 radical (unpaired) electrons. The third kappa shape index (κ3) is 8.38. The van der Waals surface area contributed by atoms with Crippen molar-refractivity contribution in [2.45, 2.75) is 37.6 Å². The van der Waals surface area contributed by atoms with E-state index in [4.69, 9.17) is 36.7 Å². The van der Waals surface area contributed by atoms with Gasteiger partial charge in [0.15, 0.2) is 11.6 Å². The predicted molar refractivity (Wildman–Crippen MR) is 183 cm³/mol. The van der Waals surface area contributed by atoms with Gasteiger partial charge in [0.2, 0.25) is 5.90 Å². The number of aliphatic hydroxyl groups is 1. The zero-order valence-corrected chi connectivity index (χ0v) is 26.4. The minimum atomic E-state index is -1.46. The van der Waals surface area contributed by atoms with E-state index in [1.807, 2.05) is 97.1 Å². The summed E-state index contributed by atoms with van der Waals surface area (Å²) in [7, 11) is 0. The lowest BCUT2D eigenvalue weighted by molar-refractivity contribution is -0.129. The molecule has 5 rings (SSSR count). The standard InChI is InChI=1S/C36H35ClN6O4/c37-32-16-7-5-14-29(32)25-39-42-35(45)36(21-8-12-26-10-2-1-3-11-26)33(31-15-6-4-13-28(31)24-40-43-38)47-34(41-36)27-17-19-30(20-18-27)46-23-9-22-44/h1-8,10-20,33,39,44H,9,21-25H2,(H,42,45)/b12-8+/t33-,36-/m0/s1. The second-order valence-electron chi connectivity index (χ2n) is 10.8. The topological polar surface area (TPSA) is 141 Å². The minimum Gasteiger partial charge on any atom is -0.494 e. The Morgan fingerprint density at radius 1 is 1.02 bits per heavy atom. The van der Waals surface area contributed by atoms with Gasteiger partial charge in [-0.2, -0.15) is 0 Å². The maximum atomic E-state index is 14.4. The predicted octanol–water partition coefficient (Wildman–Crippen LogP) is 7.09. The Kier molecular flexibility index (Phi) is 11.6. The number of azide groups is 1. The Morgan fingerprint density at radius 3 is 2.49 bits per heavy atom. The van der Waals surface area contributed by atoms with Crippen LogP contribution in [0.15, 0.2) is 119 Å². The molecule has 4 aromatic carbocycles. The molecule has 3 N–H and O–H groups in total. The first-order chi connectivity index (χ1) is 23.0. The molecule has 1 aliphatic heterocycles. The van der Waals surface area contributed by atoms with E-state index in [0.29, 0.717) is 40.5 Å². The smallest absolute Gasteiger partial charge is 0.266 e. The van der Waals surface area contributed by atoms with E-state index in [1.54, 1.807) is 18.2 Å². The number of hydrogen-bond donors (Lipinski definition) is 3. The molecule has 0 aliphatic carbocycles. The van der Waals surface area contributed by atoms with Crippen molar-refractivity contribution < 1.29 is 19.4 Å². The number of hydrogen-bond acceptors (Lipinski definition) is 7. The lowest BCUT2D eigenvalue weighted by Crippen LogP contribution is -2.52. The molecule has 0 fully saturated rings. The van der Waals surface area contributed by atoms with Crippen molar-refractivity contribution >= 4 is 29.5 Å². The molecule has 0 bridgehead atoms. The first-order valence-corrected chi connectivity index (χ1v) is 15.6. The average Bonchev–Trinajstić information content (AvgIpc) is 3.49. The number of nitrogens with zero attached hydrogens (tertiary/aromatic N) is 4. The monoisotopic (exact) mass is 650 g/mol. The van der Waals surface area contributed by atoms with Crippen molar-refractivity contribution in [3.63, 3.8) is 0 Å². The number of amides is 1. The van der Waals surface area contributed by atoms with Crippen molar-refractivity contribution in [1.29, 1.82) is 0 Å². The fraction of sp³-hybridized carbons (Fsp3) is 0.222. The number of carbonyl (C=O) groups excluding carboxylic acids is 1. The number of ether oxygens (including phenoxy) is 2. The first kappa shape index (κ1) is 33.2. The first-order valence-electron chi connectivity index (χ1n) is 15.2. The van der Waals surface area contributed by atoms with E-state index in [-0.39, 0.29) is 32.0 Å². The van der Waals surface area contributed by atoms with E-state index >= 15 is 0 Å². The van der Waals surface area contributed by atoms with Crippen LogP contribution in [-0.2, 0) is 22.6 Å². The van der Waals surface area contributed by atoms with Crippen LogP contribution < -0.4 is 15.6 Å². The maximum Gasteiger partial charge on any atom is 0.266 e. The third-order valence-electron chi connectivity index (χ3n) is 7.65. The highest BCUT2D eigenvalue weighted by atomic mass is 35.5. The van der Waals surface area contributed by atoms with Crippen LogP contribution in [0.25, 0.3) is 16.5 Å². The van der Waals surface area contributed by atoms with Gasteiger partial charge in [0.05, 0.1) is 13.2 Å². The number of aliphatic hydroxyl groups excluding tert-OH is 1. The third-order valence-corrected chi connectivity index (χ3v) is 8.02. The van der Waals surface area contributed by atoms with Gasteiger partial charge < -0.3 is 14.6 Å². The summed E-state index contributed by atoms with van der Waals surface area (Å²) >= 11 is 6.36. The van der Waals surface area contributed by atoms with Crippen molar-refractivity contribution in [1.82, 2.24) is 10.9 Å². The van der Waals surface area contributed by atoms with Crippen LogP contribution in [0, 0.1) is 0 Å². The molecule has 0 saturated heterocycles. The molecule has 47 heavy (non-hydrogen) atoms. The summed E-state index contributed by atoms with van der Waals surface area (Å²) in [6.07, 6.45) is 3.70. The number of carbonyl (C=O) groups is 1. The Hall–Kier alpha value is -5.12. The van der Waals surface area contributed by atoms with Crippen LogP contribution in [0.3, 0.4) is 0 Å². The molecule has 1 heterocycles. The van der Waals surface area contributed by atoms with Crippen molar-refractivity contribution in [3.8, 4) is 5.75 Å². The maximum absolute atomic E-state index is 14.4. The van der Waals surface area contributed by atoms with Gasteiger partial charge in [-0.05, 0) is 58.1 Å². The summed E-state index contributed by atoms with van der Waals surface area (Å²) < 4.78 is 12.3. The van der Waals surface area contributed by atoms with Gasteiger partial charge in [-0.15, -0.1) is 0 Å². The molecule has 1 aliphatic rings. The molecule has 0 unspecified atom stereocenters. The molecule has 11 heteroatoms. The van der Waals surface area contributed by atoms with E-state index in [9.17, 15) is 4.79 Å². The van der Waals surface area contributed by atoms with Crippen LogP contribution in [-0.4, -0.2) is 35.7 Å². The van der Waals surface area contributed by atoms with Gasteiger partial charge >= 0.3 is 0 Å². The van der Waals surface area contributed by atoms with Gasteiger partial charge in [-0.3, -0.25) is 10.2 Å². The molecule has 1 amide bonds. The molecular formula is C36H35ClN6O4.